The molecule has 0 aromatic heterocycles. The summed E-state index contributed by atoms with van der Waals surface area (Å²) in [7, 11) is 0. The van der Waals surface area contributed by atoms with Crippen LogP contribution in [0.15, 0.2) is 54.6 Å². The van der Waals surface area contributed by atoms with Crippen LogP contribution in [0, 0.1) is 11.8 Å². The van der Waals surface area contributed by atoms with Crippen molar-refractivity contribution in [1.82, 2.24) is 4.90 Å². The monoisotopic (exact) mass is 384 g/mol. The molecule has 142 valence electrons. The van der Waals surface area contributed by atoms with E-state index in [2.05, 4.69) is 13.8 Å². The first-order chi connectivity index (χ1) is 13.0. The summed E-state index contributed by atoms with van der Waals surface area (Å²) in [6.45, 7) is 5.81. The van der Waals surface area contributed by atoms with E-state index >= 15 is 0 Å². The first-order valence-corrected chi connectivity index (χ1v) is 9.75. The van der Waals surface area contributed by atoms with Gasteiger partial charge in [0.05, 0.1) is 16.6 Å². The molecule has 0 bridgehead atoms. The molecule has 2 aromatic rings. The van der Waals surface area contributed by atoms with Crippen LogP contribution in [0.2, 0.25) is 5.02 Å². The highest BCUT2D eigenvalue weighted by Crippen LogP contribution is 2.29. The fourth-order valence-electron chi connectivity index (χ4n) is 3.47. The lowest BCUT2D eigenvalue weighted by Crippen LogP contribution is -2.40. The van der Waals surface area contributed by atoms with Crippen LogP contribution in [0.1, 0.15) is 30.6 Å². The highest BCUT2D eigenvalue weighted by Gasteiger charge is 2.35. The molecule has 1 aliphatic rings. The highest BCUT2D eigenvalue weighted by atomic mass is 35.5. The number of rotatable bonds is 5. The zero-order chi connectivity index (χ0) is 19.4. The standard InChI is InChI=1S/C22H25ClN2O2/c1-16(2)14-25(20-11-7-6-10-19(20)23)22(27)18-12-13-24(15-18)21(26)17-8-4-3-5-9-17/h3-11,16,18H,12-15H2,1-2H3. The van der Waals surface area contributed by atoms with Crippen molar-refractivity contribution in [1.29, 1.82) is 0 Å². The molecule has 4 nitrogen and oxygen atoms in total. The largest absolute Gasteiger partial charge is 0.338 e. The minimum absolute atomic E-state index is 0.0148. The molecular weight excluding hydrogens is 360 g/mol. The van der Waals surface area contributed by atoms with Gasteiger partial charge in [-0.25, -0.2) is 0 Å². The van der Waals surface area contributed by atoms with Crippen LogP contribution >= 0.6 is 11.6 Å². The number of hydrogen-bond acceptors (Lipinski definition) is 2. The Morgan fingerprint density at radius 2 is 1.78 bits per heavy atom. The Labute approximate surface area is 165 Å². The van der Waals surface area contributed by atoms with Gasteiger partial charge in [0, 0.05) is 25.2 Å². The molecule has 1 unspecified atom stereocenters. The van der Waals surface area contributed by atoms with Crippen LogP contribution in [0.25, 0.3) is 0 Å². The average Bonchev–Trinajstić information content (AvgIpc) is 3.16. The van der Waals surface area contributed by atoms with Crippen molar-refractivity contribution in [2.45, 2.75) is 20.3 Å². The van der Waals surface area contributed by atoms with E-state index in [9.17, 15) is 9.59 Å². The Kier molecular flexibility index (Phi) is 6.17. The molecule has 1 atom stereocenters. The second kappa shape index (κ2) is 8.57. The van der Waals surface area contributed by atoms with E-state index in [-0.39, 0.29) is 17.7 Å². The predicted octanol–water partition coefficient (Wildman–Crippen LogP) is 4.49. The van der Waals surface area contributed by atoms with Gasteiger partial charge in [0.2, 0.25) is 5.91 Å². The highest BCUT2D eigenvalue weighted by molar-refractivity contribution is 6.33. The third-order valence-corrected chi connectivity index (χ3v) is 5.12. The summed E-state index contributed by atoms with van der Waals surface area (Å²) in [5, 5.41) is 0.571. The van der Waals surface area contributed by atoms with Gasteiger partial charge in [-0.2, -0.15) is 0 Å². The maximum absolute atomic E-state index is 13.3. The number of anilines is 1. The minimum atomic E-state index is -0.201. The SMILES string of the molecule is CC(C)CN(C(=O)C1CCN(C(=O)c2ccccc2)C1)c1ccccc1Cl. The first kappa shape index (κ1) is 19.4. The van der Waals surface area contributed by atoms with Gasteiger partial charge in [0.15, 0.2) is 0 Å². The second-order valence-corrected chi connectivity index (χ2v) is 7.80. The van der Waals surface area contributed by atoms with E-state index in [4.69, 9.17) is 11.6 Å². The van der Waals surface area contributed by atoms with E-state index in [0.29, 0.717) is 42.6 Å². The summed E-state index contributed by atoms with van der Waals surface area (Å²) in [4.78, 5) is 29.5. The summed E-state index contributed by atoms with van der Waals surface area (Å²) >= 11 is 6.35. The number of nitrogens with zero attached hydrogens (tertiary/aromatic N) is 2. The normalized spacial score (nSPS) is 16.6. The molecule has 2 aromatic carbocycles. The molecule has 5 heteroatoms. The lowest BCUT2D eigenvalue weighted by atomic mass is 10.1. The maximum atomic E-state index is 13.3. The number of para-hydroxylation sites is 1. The van der Waals surface area contributed by atoms with E-state index in [1.165, 1.54) is 0 Å². The van der Waals surface area contributed by atoms with Crippen LogP contribution in [-0.2, 0) is 4.79 Å². The Bertz CT molecular complexity index is 807. The molecule has 0 saturated carbocycles. The number of carbonyl (C=O) groups is 2. The molecule has 0 spiro atoms. The van der Waals surface area contributed by atoms with Crippen molar-refractivity contribution in [3.8, 4) is 0 Å². The minimum Gasteiger partial charge on any atom is -0.338 e. The molecule has 0 radical (unpaired) electrons. The second-order valence-electron chi connectivity index (χ2n) is 7.40. The van der Waals surface area contributed by atoms with Gasteiger partial charge < -0.3 is 9.80 Å². The van der Waals surface area contributed by atoms with Crippen molar-refractivity contribution in [2.24, 2.45) is 11.8 Å². The van der Waals surface area contributed by atoms with Crippen molar-refractivity contribution < 1.29 is 9.59 Å². The predicted molar refractivity (Wildman–Crippen MR) is 109 cm³/mol. The number of carbonyl (C=O) groups excluding carboxylic acids is 2. The Morgan fingerprint density at radius 1 is 1.11 bits per heavy atom. The molecule has 1 heterocycles. The van der Waals surface area contributed by atoms with Gasteiger partial charge in [-0.05, 0) is 36.6 Å². The van der Waals surface area contributed by atoms with Gasteiger partial charge in [-0.15, -0.1) is 0 Å². The number of benzene rings is 2. The molecular formula is C22H25ClN2O2. The van der Waals surface area contributed by atoms with Gasteiger partial charge >= 0.3 is 0 Å². The van der Waals surface area contributed by atoms with Crippen LogP contribution < -0.4 is 4.90 Å². The van der Waals surface area contributed by atoms with Crippen molar-refractivity contribution >= 4 is 29.1 Å². The van der Waals surface area contributed by atoms with E-state index in [1.54, 1.807) is 15.9 Å². The van der Waals surface area contributed by atoms with Crippen molar-refractivity contribution in [2.75, 3.05) is 24.5 Å². The van der Waals surface area contributed by atoms with Crippen molar-refractivity contribution in [3.63, 3.8) is 0 Å². The summed E-state index contributed by atoms with van der Waals surface area (Å²) in [6.07, 6.45) is 0.677. The fourth-order valence-corrected chi connectivity index (χ4v) is 3.71. The number of halogens is 1. The zero-order valence-corrected chi connectivity index (χ0v) is 16.5. The van der Waals surface area contributed by atoms with Crippen LogP contribution in [-0.4, -0.2) is 36.3 Å². The number of amides is 2. The third-order valence-electron chi connectivity index (χ3n) is 4.80. The fraction of sp³-hybridized carbons (Fsp3) is 0.364. The smallest absolute Gasteiger partial charge is 0.253 e. The molecule has 0 N–H and O–H groups in total. The Balaban J connectivity index is 1.75. The molecule has 0 aliphatic carbocycles. The Hall–Kier alpha value is -2.33. The summed E-state index contributed by atoms with van der Waals surface area (Å²) in [5.41, 5.74) is 1.40. The molecule has 2 amide bonds. The van der Waals surface area contributed by atoms with E-state index in [1.807, 2.05) is 48.5 Å². The first-order valence-electron chi connectivity index (χ1n) is 9.37. The van der Waals surface area contributed by atoms with E-state index in [0.717, 1.165) is 5.69 Å². The van der Waals surface area contributed by atoms with Gasteiger partial charge in [-0.1, -0.05) is 55.8 Å². The maximum Gasteiger partial charge on any atom is 0.253 e. The van der Waals surface area contributed by atoms with Crippen LogP contribution in [0.4, 0.5) is 5.69 Å². The van der Waals surface area contributed by atoms with Crippen LogP contribution in [0.5, 0.6) is 0 Å². The Morgan fingerprint density at radius 3 is 2.44 bits per heavy atom. The molecule has 27 heavy (non-hydrogen) atoms. The average molecular weight is 385 g/mol. The number of likely N-dealkylation sites (tertiary alicyclic amines) is 1. The van der Waals surface area contributed by atoms with Gasteiger partial charge in [0.25, 0.3) is 5.91 Å². The number of hydrogen-bond donors (Lipinski definition) is 0. The topological polar surface area (TPSA) is 40.6 Å². The van der Waals surface area contributed by atoms with E-state index < -0.39 is 0 Å². The lowest BCUT2D eigenvalue weighted by Gasteiger charge is -2.28. The molecule has 3 rings (SSSR count). The zero-order valence-electron chi connectivity index (χ0n) is 15.8. The van der Waals surface area contributed by atoms with Gasteiger partial charge in [-0.3, -0.25) is 9.59 Å². The van der Waals surface area contributed by atoms with Crippen molar-refractivity contribution in [3.05, 3.63) is 65.2 Å². The molecule has 1 fully saturated rings. The quantitative estimate of drug-likeness (QED) is 0.761. The summed E-state index contributed by atoms with van der Waals surface area (Å²) in [5.74, 6) is 0.139. The molecule has 1 aliphatic heterocycles. The third kappa shape index (κ3) is 4.51. The van der Waals surface area contributed by atoms with Gasteiger partial charge in [0.1, 0.15) is 0 Å². The summed E-state index contributed by atoms with van der Waals surface area (Å²) < 4.78 is 0. The van der Waals surface area contributed by atoms with Crippen LogP contribution in [0.3, 0.4) is 0 Å². The summed E-state index contributed by atoms with van der Waals surface area (Å²) in [6, 6.07) is 16.7. The molecule has 1 saturated heterocycles. The lowest BCUT2D eigenvalue weighted by molar-refractivity contribution is -0.122.